The van der Waals surface area contributed by atoms with E-state index >= 15 is 0 Å². The summed E-state index contributed by atoms with van der Waals surface area (Å²) < 4.78 is 5.10. The molecule has 0 aromatic heterocycles. The molecule has 20 heavy (non-hydrogen) atoms. The van der Waals surface area contributed by atoms with Crippen molar-refractivity contribution >= 4 is 11.5 Å². The van der Waals surface area contributed by atoms with Crippen LogP contribution >= 0.6 is 0 Å². The van der Waals surface area contributed by atoms with Gasteiger partial charge in [-0.2, -0.15) is 0 Å². The van der Waals surface area contributed by atoms with Crippen LogP contribution in [0.1, 0.15) is 31.7 Å². The average Bonchev–Trinajstić information content (AvgIpc) is 2.43. The summed E-state index contributed by atoms with van der Waals surface area (Å²) in [7, 11) is 1.62. The maximum absolute atomic E-state index is 11.8. The molecule has 2 N–H and O–H groups in total. The van der Waals surface area contributed by atoms with Crippen molar-refractivity contribution in [2.75, 3.05) is 13.7 Å². The average molecular weight is 275 g/mol. The van der Waals surface area contributed by atoms with E-state index in [4.69, 9.17) is 4.74 Å². The normalized spacial score (nSPS) is 17.2. The summed E-state index contributed by atoms with van der Waals surface area (Å²) >= 11 is 0. The predicted molar refractivity (Wildman–Crippen MR) is 78.5 cm³/mol. The van der Waals surface area contributed by atoms with Crippen molar-refractivity contribution in [2.24, 2.45) is 0 Å². The van der Waals surface area contributed by atoms with Crippen molar-refractivity contribution in [3.8, 4) is 5.75 Å². The second-order valence-corrected chi connectivity index (χ2v) is 5.35. The van der Waals surface area contributed by atoms with Crippen molar-refractivity contribution in [1.29, 1.82) is 0 Å². The lowest BCUT2D eigenvalue weighted by Gasteiger charge is -2.36. The van der Waals surface area contributed by atoms with Crippen molar-refractivity contribution in [3.05, 3.63) is 35.9 Å². The SMILES string of the molecule is COc1ccc(C(C)=CC(=O)NCC2(O)CCC2)cc1. The first-order valence-corrected chi connectivity index (χ1v) is 6.85. The molecule has 1 aromatic rings. The number of nitrogens with one attached hydrogen (secondary N) is 1. The molecule has 0 aliphatic heterocycles. The molecule has 1 amide bonds. The molecular weight excluding hydrogens is 254 g/mol. The van der Waals surface area contributed by atoms with Gasteiger partial charge in [-0.15, -0.1) is 0 Å². The zero-order valence-corrected chi connectivity index (χ0v) is 12.0. The lowest BCUT2D eigenvalue weighted by molar-refractivity contribution is -0.118. The van der Waals surface area contributed by atoms with Crippen LogP contribution in [0.5, 0.6) is 5.75 Å². The topological polar surface area (TPSA) is 58.6 Å². The van der Waals surface area contributed by atoms with Crippen LogP contribution in [0.2, 0.25) is 0 Å². The molecule has 1 saturated carbocycles. The number of methoxy groups -OCH3 is 1. The minimum absolute atomic E-state index is 0.168. The van der Waals surface area contributed by atoms with Crippen molar-refractivity contribution < 1.29 is 14.6 Å². The van der Waals surface area contributed by atoms with Gasteiger partial charge in [0.1, 0.15) is 5.75 Å². The number of carbonyl (C=O) groups is 1. The molecule has 0 atom stereocenters. The standard InChI is InChI=1S/C16H21NO3/c1-12(13-4-6-14(20-2)7-5-13)10-15(18)17-11-16(19)8-3-9-16/h4-7,10,19H,3,8-9,11H2,1-2H3,(H,17,18). The number of amides is 1. The number of hydrogen-bond acceptors (Lipinski definition) is 3. The van der Waals surface area contributed by atoms with Crippen LogP contribution in [0.3, 0.4) is 0 Å². The molecule has 4 nitrogen and oxygen atoms in total. The fraction of sp³-hybridized carbons (Fsp3) is 0.438. The molecule has 108 valence electrons. The number of ether oxygens (including phenoxy) is 1. The molecule has 2 rings (SSSR count). The van der Waals surface area contributed by atoms with Crippen molar-refractivity contribution in [1.82, 2.24) is 5.32 Å². The lowest BCUT2D eigenvalue weighted by Crippen LogP contribution is -2.47. The van der Waals surface area contributed by atoms with E-state index in [0.717, 1.165) is 36.1 Å². The fourth-order valence-corrected chi connectivity index (χ4v) is 2.20. The third kappa shape index (κ3) is 3.61. The lowest BCUT2D eigenvalue weighted by atomic mass is 9.80. The Kier molecular flexibility index (Phi) is 4.45. The van der Waals surface area contributed by atoms with Crippen LogP contribution < -0.4 is 10.1 Å². The molecule has 1 aliphatic rings. The van der Waals surface area contributed by atoms with Crippen LogP contribution in [-0.4, -0.2) is 30.3 Å². The van der Waals surface area contributed by atoms with E-state index in [-0.39, 0.29) is 5.91 Å². The Morgan fingerprint density at radius 3 is 2.55 bits per heavy atom. The van der Waals surface area contributed by atoms with Crippen LogP contribution in [-0.2, 0) is 4.79 Å². The summed E-state index contributed by atoms with van der Waals surface area (Å²) in [5.74, 6) is 0.622. The number of carbonyl (C=O) groups excluding carboxylic acids is 1. The highest BCUT2D eigenvalue weighted by atomic mass is 16.5. The first kappa shape index (κ1) is 14.6. The zero-order chi connectivity index (χ0) is 14.6. The third-order valence-electron chi connectivity index (χ3n) is 3.77. The predicted octanol–water partition coefficient (Wildman–Crippen LogP) is 2.13. The van der Waals surface area contributed by atoms with Crippen LogP contribution in [0.4, 0.5) is 0 Å². The minimum Gasteiger partial charge on any atom is -0.497 e. The molecule has 0 saturated heterocycles. The molecule has 0 radical (unpaired) electrons. The first-order valence-electron chi connectivity index (χ1n) is 6.85. The molecule has 0 heterocycles. The van der Waals surface area contributed by atoms with Gasteiger partial charge in [-0.3, -0.25) is 4.79 Å². The van der Waals surface area contributed by atoms with Crippen LogP contribution in [0, 0.1) is 0 Å². The zero-order valence-electron chi connectivity index (χ0n) is 12.0. The number of aliphatic hydroxyl groups is 1. The van der Waals surface area contributed by atoms with E-state index in [0.29, 0.717) is 6.54 Å². The van der Waals surface area contributed by atoms with E-state index in [2.05, 4.69) is 5.32 Å². The fourth-order valence-electron chi connectivity index (χ4n) is 2.20. The van der Waals surface area contributed by atoms with E-state index in [1.54, 1.807) is 13.2 Å². The van der Waals surface area contributed by atoms with Gasteiger partial charge in [0.25, 0.3) is 0 Å². The largest absolute Gasteiger partial charge is 0.497 e. The van der Waals surface area contributed by atoms with Gasteiger partial charge in [-0.1, -0.05) is 12.1 Å². The smallest absolute Gasteiger partial charge is 0.244 e. The molecule has 0 spiro atoms. The second-order valence-electron chi connectivity index (χ2n) is 5.35. The van der Waals surface area contributed by atoms with Crippen LogP contribution in [0.25, 0.3) is 5.57 Å². The monoisotopic (exact) mass is 275 g/mol. The summed E-state index contributed by atoms with van der Waals surface area (Å²) in [6.07, 6.45) is 4.14. The Hall–Kier alpha value is -1.81. The maximum atomic E-state index is 11.8. The number of benzene rings is 1. The van der Waals surface area contributed by atoms with E-state index in [9.17, 15) is 9.90 Å². The second kappa shape index (κ2) is 6.09. The minimum atomic E-state index is -0.683. The summed E-state index contributed by atoms with van der Waals surface area (Å²) in [6, 6.07) is 7.55. The molecule has 1 aromatic carbocycles. The van der Waals surface area contributed by atoms with Crippen molar-refractivity contribution in [3.63, 3.8) is 0 Å². The van der Waals surface area contributed by atoms with E-state index in [1.165, 1.54) is 0 Å². The molecule has 0 unspecified atom stereocenters. The highest BCUT2D eigenvalue weighted by Gasteiger charge is 2.34. The quantitative estimate of drug-likeness (QED) is 0.809. The Labute approximate surface area is 119 Å². The summed E-state index contributed by atoms with van der Waals surface area (Å²) in [4.78, 5) is 11.8. The highest BCUT2D eigenvalue weighted by Crippen LogP contribution is 2.30. The molecule has 4 heteroatoms. The third-order valence-corrected chi connectivity index (χ3v) is 3.77. The summed E-state index contributed by atoms with van der Waals surface area (Å²) in [6.45, 7) is 2.22. The Bertz CT molecular complexity index is 501. The van der Waals surface area contributed by atoms with Crippen LogP contribution in [0.15, 0.2) is 30.3 Å². The Morgan fingerprint density at radius 1 is 1.40 bits per heavy atom. The molecule has 1 aliphatic carbocycles. The van der Waals surface area contributed by atoms with Gasteiger partial charge in [0.15, 0.2) is 0 Å². The van der Waals surface area contributed by atoms with Gasteiger partial charge in [0.05, 0.1) is 12.7 Å². The van der Waals surface area contributed by atoms with E-state index in [1.807, 2.05) is 31.2 Å². The first-order chi connectivity index (χ1) is 9.52. The van der Waals surface area contributed by atoms with Gasteiger partial charge in [-0.05, 0) is 49.5 Å². The molecule has 0 bridgehead atoms. The van der Waals surface area contributed by atoms with E-state index < -0.39 is 5.60 Å². The Balaban J connectivity index is 1.92. The molecular formula is C16H21NO3. The number of hydrogen-bond donors (Lipinski definition) is 2. The summed E-state index contributed by atoms with van der Waals surface area (Å²) in [5, 5.41) is 12.7. The molecule has 1 fully saturated rings. The number of rotatable bonds is 5. The number of allylic oxidation sites excluding steroid dienone is 1. The van der Waals surface area contributed by atoms with Crippen molar-refractivity contribution in [2.45, 2.75) is 31.8 Å². The van der Waals surface area contributed by atoms with Gasteiger partial charge in [0, 0.05) is 12.6 Å². The maximum Gasteiger partial charge on any atom is 0.244 e. The van der Waals surface area contributed by atoms with Gasteiger partial charge in [-0.25, -0.2) is 0 Å². The Morgan fingerprint density at radius 2 is 2.05 bits per heavy atom. The van der Waals surface area contributed by atoms with Gasteiger partial charge < -0.3 is 15.2 Å². The van der Waals surface area contributed by atoms with Gasteiger partial charge in [0.2, 0.25) is 5.91 Å². The van der Waals surface area contributed by atoms with Gasteiger partial charge >= 0.3 is 0 Å². The summed E-state index contributed by atoms with van der Waals surface area (Å²) in [5.41, 5.74) is 1.17. The highest BCUT2D eigenvalue weighted by molar-refractivity contribution is 5.94.